The monoisotopic (exact) mass is 555 g/mol. The fourth-order valence-corrected chi connectivity index (χ4v) is 4.84. The Morgan fingerprint density at radius 1 is 0.892 bits per heavy atom. The smallest absolute Gasteiger partial charge is 0.280 e. The maximum Gasteiger partial charge on any atom is 0.280 e. The number of aromatic nitrogens is 2. The molecule has 0 aliphatic carbocycles. The van der Waals surface area contributed by atoms with Crippen LogP contribution in [-0.4, -0.2) is 25.0 Å². The van der Waals surface area contributed by atoms with Crippen molar-refractivity contribution >= 4 is 39.0 Å². The molecule has 2 heterocycles. The molecule has 2 aromatic heterocycles. The molecule has 0 aliphatic rings. The molecule has 0 bridgehead atoms. The SMILES string of the molecule is Cc1ccc(-c2nc(NS(=O)(=O)c3cccc(Cl)n3)ccc2-c2ccc(Cl)c(OCC(C)(C)C)c2)cc1. The third-order valence-electron chi connectivity index (χ3n) is 5.33. The molecule has 6 nitrogen and oxygen atoms in total. The van der Waals surface area contributed by atoms with Crippen LogP contribution in [0.4, 0.5) is 5.82 Å². The van der Waals surface area contributed by atoms with E-state index < -0.39 is 10.0 Å². The van der Waals surface area contributed by atoms with Crippen molar-refractivity contribution in [3.8, 4) is 28.1 Å². The van der Waals surface area contributed by atoms with Crippen LogP contribution < -0.4 is 9.46 Å². The van der Waals surface area contributed by atoms with Gasteiger partial charge in [-0.15, -0.1) is 0 Å². The lowest BCUT2D eigenvalue weighted by atomic mass is 9.98. The second-order valence-electron chi connectivity index (χ2n) is 9.86. The normalized spacial score (nSPS) is 11.8. The molecule has 0 unspecified atom stereocenters. The van der Waals surface area contributed by atoms with Gasteiger partial charge in [-0.1, -0.05) is 85.9 Å². The van der Waals surface area contributed by atoms with E-state index in [9.17, 15) is 8.42 Å². The summed E-state index contributed by atoms with van der Waals surface area (Å²) in [7, 11) is -4.00. The van der Waals surface area contributed by atoms with Gasteiger partial charge in [-0.3, -0.25) is 4.72 Å². The van der Waals surface area contributed by atoms with E-state index in [2.05, 4.69) is 30.5 Å². The minimum atomic E-state index is -4.00. The molecule has 4 rings (SSSR count). The quantitative estimate of drug-likeness (QED) is 0.237. The molecule has 0 saturated carbocycles. The van der Waals surface area contributed by atoms with Gasteiger partial charge in [0.05, 0.1) is 17.3 Å². The highest BCUT2D eigenvalue weighted by Crippen LogP contribution is 2.37. The van der Waals surface area contributed by atoms with Gasteiger partial charge in [0, 0.05) is 11.1 Å². The number of ether oxygens (including phenoxy) is 1. The van der Waals surface area contributed by atoms with Gasteiger partial charge in [-0.25, -0.2) is 9.97 Å². The Balaban J connectivity index is 1.78. The van der Waals surface area contributed by atoms with Gasteiger partial charge in [0.1, 0.15) is 16.7 Å². The number of hydrogen-bond donors (Lipinski definition) is 1. The van der Waals surface area contributed by atoms with Crippen LogP contribution in [0.25, 0.3) is 22.4 Å². The van der Waals surface area contributed by atoms with Gasteiger partial charge in [-0.2, -0.15) is 8.42 Å². The summed E-state index contributed by atoms with van der Waals surface area (Å²) in [5.41, 5.74) is 4.12. The molecule has 0 spiro atoms. The number of hydrogen-bond acceptors (Lipinski definition) is 5. The molecule has 9 heteroatoms. The summed E-state index contributed by atoms with van der Waals surface area (Å²) in [6, 6.07) is 21.2. The number of anilines is 1. The fraction of sp³-hybridized carbons (Fsp3) is 0.214. The molecule has 0 fully saturated rings. The summed E-state index contributed by atoms with van der Waals surface area (Å²) in [6.45, 7) is 8.75. The molecule has 192 valence electrons. The molecule has 1 N–H and O–H groups in total. The number of halogens is 2. The number of aryl methyl sites for hydroxylation is 1. The van der Waals surface area contributed by atoms with E-state index in [4.69, 9.17) is 32.9 Å². The first-order valence-electron chi connectivity index (χ1n) is 11.6. The van der Waals surface area contributed by atoms with Crippen LogP contribution in [0.1, 0.15) is 26.3 Å². The number of nitrogens with one attached hydrogen (secondary N) is 1. The maximum atomic E-state index is 12.9. The summed E-state index contributed by atoms with van der Waals surface area (Å²) >= 11 is 12.3. The first-order chi connectivity index (χ1) is 17.4. The van der Waals surface area contributed by atoms with Gasteiger partial charge < -0.3 is 4.74 Å². The first-order valence-corrected chi connectivity index (χ1v) is 13.8. The topological polar surface area (TPSA) is 81.2 Å². The Kier molecular flexibility index (Phi) is 7.78. The standard InChI is InChI=1S/C28H27Cl2N3O3S/c1-18-8-10-19(11-9-18)27-21(20-12-14-22(29)23(16-20)36-17-28(2,3)4)13-15-25(32-27)33-37(34,35)26-7-5-6-24(30)31-26/h5-16H,17H2,1-4H3,(H,32,33). The Labute approximate surface area is 227 Å². The van der Waals surface area contributed by atoms with E-state index >= 15 is 0 Å². The van der Waals surface area contributed by atoms with Crippen molar-refractivity contribution < 1.29 is 13.2 Å². The third kappa shape index (κ3) is 6.80. The molecule has 37 heavy (non-hydrogen) atoms. The predicted molar refractivity (Wildman–Crippen MR) is 150 cm³/mol. The van der Waals surface area contributed by atoms with Gasteiger partial charge >= 0.3 is 0 Å². The predicted octanol–water partition coefficient (Wildman–Crippen LogP) is 7.65. The molecule has 0 atom stereocenters. The summed E-state index contributed by atoms with van der Waals surface area (Å²) in [5, 5.41) is 0.399. The van der Waals surface area contributed by atoms with E-state index in [0.29, 0.717) is 23.1 Å². The Morgan fingerprint density at radius 2 is 1.59 bits per heavy atom. The first kappa shape index (κ1) is 26.9. The number of rotatable bonds is 7. The Hall–Kier alpha value is -3.13. The van der Waals surface area contributed by atoms with E-state index in [-0.39, 0.29) is 21.4 Å². The number of nitrogens with zero attached hydrogens (tertiary/aromatic N) is 2. The van der Waals surface area contributed by atoms with Crippen molar-refractivity contribution in [2.24, 2.45) is 5.41 Å². The molecule has 0 amide bonds. The van der Waals surface area contributed by atoms with Crippen LogP contribution in [0.15, 0.2) is 77.8 Å². The summed E-state index contributed by atoms with van der Waals surface area (Å²) < 4.78 is 34.4. The Morgan fingerprint density at radius 3 is 2.27 bits per heavy atom. The van der Waals surface area contributed by atoms with Crippen molar-refractivity contribution in [2.45, 2.75) is 32.7 Å². The molecule has 0 aliphatic heterocycles. The average Bonchev–Trinajstić information content (AvgIpc) is 2.83. The van der Waals surface area contributed by atoms with Crippen LogP contribution >= 0.6 is 23.2 Å². The second-order valence-corrected chi connectivity index (χ2v) is 12.3. The highest BCUT2D eigenvalue weighted by atomic mass is 35.5. The number of sulfonamides is 1. The second kappa shape index (κ2) is 10.7. The summed E-state index contributed by atoms with van der Waals surface area (Å²) in [5.74, 6) is 0.722. The van der Waals surface area contributed by atoms with Gasteiger partial charge in [0.15, 0.2) is 5.03 Å². The molecule has 2 aromatic carbocycles. The molecule has 0 saturated heterocycles. The molecular formula is C28H27Cl2N3O3S. The number of benzene rings is 2. The fourth-order valence-electron chi connectivity index (χ4n) is 3.49. The van der Waals surface area contributed by atoms with Crippen LogP contribution in [0.5, 0.6) is 5.75 Å². The van der Waals surface area contributed by atoms with Crippen molar-refractivity contribution in [1.29, 1.82) is 0 Å². The van der Waals surface area contributed by atoms with Crippen LogP contribution in [0.2, 0.25) is 10.2 Å². The Bertz CT molecular complexity index is 1530. The van der Waals surface area contributed by atoms with E-state index in [0.717, 1.165) is 22.3 Å². The highest BCUT2D eigenvalue weighted by Gasteiger charge is 2.20. The van der Waals surface area contributed by atoms with Crippen molar-refractivity contribution in [3.63, 3.8) is 0 Å². The van der Waals surface area contributed by atoms with E-state index in [1.54, 1.807) is 12.1 Å². The zero-order chi connectivity index (χ0) is 26.8. The summed E-state index contributed by atoms with van der Waals surface area (Å²) in [4.78, 5) is 8.60. The number of pyridine rings is 2. The van der Waals surface area contributed by atoms with Gasteiger partial charge in [0.2, 0.25) is 0 Å². The van der Waals surface area contributed by atoms with E-state index in [1.165, 1.54) is 18.2 Å². The lowest BCUT2D eigenvalue weighted by molar-refractivity contribution is 0.198. The molecule has 0 radical (unpaired) electrons. The van der Waals surface area contributed by atoms with Crippen molar-refractivity contribution in [3.05, 3.63) is 88.5 Å². The van der Waals surface area contributed by atoms with Crippen LogP contribution in [-0.2, 0) is 10.0 Å². The summed E-state index contributed by atoms with van der Waals surface area (Å²) in [6.07, 6.45) is 0. The zero-order valence-corrected chi connectivity index (χ0v) is 23.2. The minimum Gasteiger partial charge on any atom is -0.491 e. The largest absolute Gasteiger partial charge is 0.491 e. The van der Waals surface area contributed by atoms with Crippen LogP contribution in [0.3, 0.4) is 0 Å². The average molecular weight is 557 g/mol. The lowest BCUT2D eigenvalue weighted by Crippen LogP contribution is -2.17. The van der Waals surface area contributed by atoms with Crippen molar-refractivity contribution in [1.82, 2.24) is 9.97 Å². The lowest BCUT2D eigenvalue weighted by Gasteiger charge is -2.20. The van der Waals surface area contributed by atoms with E-state index in [1.807, 2.05) is 49.4 Å². The van der Waals surface area contributed by atoms with Crippen LogP contribution in [0, 0.1) is 12.3 Å². The highest BCUT2D eigenvalue weighted by molar-refractivity contribution is 7.92. The van der Waals surface area contributed by atoms with Gasteiger partial charge in [0.25, 0.3) is 10.0 Å². The minimum absolute atomic E-state index is 0.0371. The van der Waals surface area contributed by atoms with Gasteiger partial charge in [-0.05, 0) is 54.3 Å². The molecular weight excluding hydrogens is 529 g/mol. The zero-order valence-electron chi connectivity index (χ0n) is 20.9. The van der Waals surface area contributed by atoms with Crippen molar-refractivity contribution in [2.75, 3.05) is 11.3 Å². The third-order valence-corrected chi connectivity index (χ3v) is 7.11. The maximum absolute atomic E-state index is 12.9. The molecule has 4 aromatic rings.